The summed E-state index contributed by atoms with van der Waals surface area (Å²) in [6.45, 7) is 0.578. The second-order valence-corrected chi connectivity index (χ2v) is 7.10. The Hall–Kier alpha value is -2.89. The van der Waals surface area contributed by atoms with Gasteiger partial charge in [0.2, 0.25) is 4.80 Å². The molecule has 2 heterocycles. The molecular formula is C21H16ClN3OS. The number of thiazole rings is 1. The van der Waals surface area contributed by atoms with E-state index < -0.39 is 0 Å². The van der Waals surface area contributed by atoms with Gasteiger partial charge in [-0.25, -0.2) is 0 Å². The zero-order chi connectivity index (χ0) is 18.5. The van der Waals surface area contributed by atoms with Crippen LogP contribution in [-0.2, 0) is 6.54 Å². The maximum atomic E-state index is 6.03. The van der Waals surface area contributed by atoms with Crippen molar-refractivity contribution in [3.05, 3.63) is 99.5 Å². The molecule has 0 aliphatic heterocycles. The average Bonchev–Trinajstić information content (AvgIpc) is 3.34. The molecule has 0 bridgehead atoms. The van der Waals surface area contributed by atoms with Crippen molar-refractivity contribution in [2.75, 3.05) is 0 Å². The first-order valence-corrected chi connectivity index (χ1v) is 9.64. The van der Waals surface area contributed by atoms with Gasteiger partial charge in [-0.05, 0) is 35.4 Å². The van der Waals surface area contributed by atoms with Crippen LogP contribution in [0.2, 0.25) is 5.02 Å². The van der Waals surface area contributed by atoms with Gasteiger partial charge in [0.25, 0.3) is 0 Å². The molecule has 0 amide bonds. The Balaban J connectivity index is 1.73. The van der Waals surface area contributed by atoms with Crippen LogP contribution in [0.5, 0.6) is 0 Å². The van der Waals surface area contributed by atoms with E-state index in [1.807, 2.05) is 66.7 Å². The molecule has 0 fully saturated rings. The van der Waals surface area contributed by atoms with Crippen LogP contribution in [0.15, 0.2) is 93.0 Å². The van der Waals surface area contributed by atoms with E-state index in [0.29, 0.717) is 11.6 Å². The van der Waals surface area contributed by atoms with E-state index in [0.717, 1.165) is 27.4 Å². The number of nitrogens with zero attached hydrogens (tertiary/aromatic N) is 3. The second-order valence-electron chi connectivity index (χ2n) is 5.83. The summed E-state index contributed by atoms with van der Waals surface area (Å²) in [4.78, 5) is 0.795. The van der Waals surface area contributed by atoms with Crippen molar-refractivity contribution < 1.29 is 4.42 Å². The summed E-state index contributed by atoms with van der Waals surface area (Å²) >= 11 is 7.57. The lowest BCUT2D eigenvalue weighted by atomic mass is 10.2. The third-order valence-corrected chi connectivity index (χ3v) is 5.09. The predicted molar refractivity (Wildman–Crippen MR) is 110 cm³/mol. The van der Waals surface area contributed by atoms with Gasteiger partial charge in [0.15, 0.2) is 0 Å². The summed E-state index contributed by atoms with van der Waals surface area (Å²) in [5.41, 5.74) is 3.12. The van der Waals surface area contributed by atoms with E-state index in [4.69, 9.17) is 16.0 Å². The van der Waals surface area contributed by atoms with Crippen LogP contribution >= 0.6 is 22.9 Å². The Kier molecular flexibility index (Phi) is 5.32. The first-order valence-electron chi connectivity index (χ1n) is 8.38. The molecule has 134 valence electrons. The molecule has 0 unspecified atom stereocenters. The highest BCUT2D eigenvalue weighted by Crippen LogP contribution is 2.23. The van der Waals surface area contributed by atoms with Gasteiger partial charge in [-0.15, -0.1) is 16.4 Å². The lowest BCUT2D eigenvalue weighted by Crippen LogP contribution is -2.16. The number of benzene rings is 2. The average molecular weight is 394 g/mol. The minimum Gasteiger partial charge on any atom is -0.467 e. The minimum atomic E-state index is 0.578. The van der Waals surface area contributed by atoms with Gasteiger partial charge in [-0.3, -0.25) is 0 Å². The Labute approximate surface area is 165 Å². The molecule has 0 radical (unpaired) electrons. The van der Waals surface area contributed by atoms with E-state index in [2.05, 4.69) is 20.1 Å². The minimum absolute atomic E-state index is 0.578. The summed E-state index contributed by atoms with van der Waals surface area (Å²) in [5.74, 6) is 0.858. The molecule has 4 aromatic rings. The molecular weight excluding hydrogens is 378 g/mol. The van der Waals surface area contributed by atoms with E-state index in [1.165, 1.54) is 0 Å². The van der Waals surface area contributed by atoms with Crippen molar-refractivity contribution in [2.24, 2.45) is 10.2 Å². The molecule has 0 aliphatic rings. The van der Waals surface area contributed by atoms with Crippen molar-refractivity contribution in [2.45, 2.75) is 6.54 Å². The number of hydrogen-bond donors (Lipinski definition) is 0. The monoisotopic (exact) mass is 393 g/mol. The summed E-state index contributed by atoms with van der Waals surface area (Å²) in [6.07, 6.45) is 3.42. The van der Waals surface area contributed by atoms with Gasteiger partial charge in [-0.1, -0.05) is 54.1 Å². The van der Waals surface area contributed by atoms with E-state index >= 15 is 0 Å². The van der Waals surface area contributed by atoms with Crippen LogP contribution in [-0.4, -0.2) is 10.8 Å². The maximum absolute atomic E-state index is 6.03. The highest BCUT2D eigenvalue weighted by atomic mass is 35.5. The summed E-state index contributed by atoms with van der Waals surface area (Å²) in [5, 5.41) is 11.5. The van der Waals surface area contributed by atoms with Crippen LogP contribution in [0.4, 0.5) is 0 Å². The fourth-order valence-corrected chi connectivity index (χ4v) is 3.65. The molecule has 4 rings (SSSR count). The van der Waals surface area contributed by atoms with Crippen LogP contribution in [0.1, 0.15) is 11.3 Å². The molecule has 27 heavy (non-hydrogen) atoms. The Morgan fingerprint density at radius 2 is 1.81 bits per heavy atom. The van der Waals surface area contributed by atoms with E-state index in [9.17, 15) is 0 Å². The number of halogens is 1. The van der Waals surface area contributed by atoms with Gasteiger partial charge < -0.3 is 8.98 Å². The molecule has 0 saturated carbocycles. The van der Waals surface area contributed by atoms with Crippen LogP contribution in [0.25, 0.3) is 11.3 Å². The largest absolute Gasteiger partial charge is 0.467 e. The predicted octanol–water partition coefficient (Wildman–Crippen LogP) is 5.45. The number of furan rings is 1. The van der Waals surface area contributed by atoms with Gasteiger partial charge >= 0.3 is 0 Å². The quantitative estimate of drug-likeness (QED) is 0.328. The van der Waals surface area contributed by atoms with E-state index in [-0.39, 0.29) is 0 Å². The van der Waals surface area contributed by atoms with Crippen molar-refractivity contribution in [3.63, 3.8) is 0 Å². The Bertz CT molecular complexity index is 1090. The third-order valence-electron chi connectivity index (χ3n) is 3.98. The lowest BCUT2D eigenvalue weighted by Gasteiger charge is -2.07. The standard InChI is InChI=1S/C21H16ClN3OS/c22-18-10-8-17(9-11-18)20-15-27-21(25(20)14-19-7-4-12-26-19)24-23-13-16-5-2-1-3-6-16/h1-13,15H,14H2. The Morgan fingerprint density at radius 3 is 2.56 bits per heavy atom. The Morgan fingerprint density at radius 1 is 1.00 bits per heavy atom. The normalized spacial score (nSPS) is 12.1. The highest BCUT2D eigenvalue weighted by Gasteiger charge is 2.10. The van der Waals surface area contributed by atoms with Crippen LogP contribution in [0.3, 0.4) is 0 Å². The SMILES string of the molecule is Clc1ccc(-c2csc(=NN=Cc3ccccc3)n2Cc2ccco2)cc1. The number of rotatable bonds is 5. The molecule has 0 spiro atoms. The van der Waals surface area contributed by atoms with Gasteiger partial charge in [-0.2, -0.15) is 5.10 Å². The van der Waals surface area contributed by atoms with Crippen LogP contribution < -0.4 is 4.80 Å². The first-order chi connectivity index (χ1) is 13.3. The first kappa shape index (κ1) is 17.5. The van der Waals surface area contributed by atoms with Gasteiger partial charge in [0.05, 0.1) is 24.7 Å². The fraction of sp³-hybridized carbons (Fsp3) is 0.0476. The third kappa shape index (κ3) is 4.27. The van der Waals surface area contributed by atoms with Crippen molar-refractivity contribution in [3.8, 4) is 11.3 Å². The smallest absolute Gasteiger partial charge is 0.211 e. The topological polar surface area (TPSA) is 42.8 Å². The number of hydrogen-bond acceptors (Lipinski definition) is 4. The van der Waals surface area contributed by atoms with E-state index in [1.54, 1.807) is 23.8 Å². The lowest BCUT2D eigenvalue weighted by molar-refractivity contribution is 0.491. The number of aromatic nitrogens is 1. The molecule has 2 aromatic carbocycles. The molecule has 6 heteroatoms. The summed E-state index contributed by atoms with van der Waals surface area (Å²) < 4.78 is 7.62. The summed E-state index contributed by atoms with van der Waals surface area (Å²) in [7, 11) is 0. The molecule has 0 saturated heterocycles. The van der Waals surface area contributed by atoms with Crippen LogP contribution in [0, 0.1) is 0 Å². The van der Waals surface area contributed by atoms with Gasteiger partial charge in [0, 0.05) is 10.4 Å². The van der Waals surface area contributed by atoms with Crippen molar-refractivity contribution in [1.29, 1.82) is 0 Å². The van der Waals surface area contributed by atoms with Gasteiger partial charge in [0.1, 0.15) is 5.76 Å². The van der Waals surface area contributed by atoms with Crippen molar-refractivity contribution >= 4 is 29.2 Å². The maximum Gasteiger partial charge on any atom is 0.211 e. The zero-order valence-corrected chi connectivity index (χ0v) is 15.9. The molecule has 4 nitrogen and oxygen atoms in total. The highest BCUT2D eigenvalue weighted by molar-refractivity contribution is 7.07. The molecule has 0 N–H and O–H groups in total. The zero-order valence-electron chi connectivity index (χ0n) is 14.3. The van der Waals surface area contributed by atoms with Crippen molar-refractivity contribution in [1.82, 2.24) is 4.57 Å². The molecule has 0 atom stereocenters. The summed E-state index contributed by atoms with van der Waals surface area (Å²) in [6, 6.07) is 21.5. The molecule has 2 aromatic heterocycles. The molecule has 0 aliphatic carbocycles. The fourth-order valence-electron chi connectivity index (χ4n) is 2.66. The second kappa shape index (κ2) is 8.20.